The lowest BCUT2D eigenvalue weighted by Crippen LogP contribution is -2.31. The second-order valence-corrected chi connectivity index (χ2v) is 12.5. The van der Waals surface area contributed by atoms with Crippen molar-refractivity contribution in [1.82, 2.24) is 19.9 Å². The van der Waals surface area contributed by atoms with Gasteiger partial charge < -0.3 is 9.80 Å². The maximum atomic E-state index is 4.80. The van der Waals surface area contributed by atoms with Crippen molar-refractivity contribution in [2.24, 2.45) is 0 Å². The zero-order valence-electron chi connectivity index (χ0n) is 40.4. The molecule has 2 aliphatic heterocycles. The van der Waals surface area contributed by atoms with Gasteiger partial charge in [-0.25, -0.2) is 19.9 Å². The smallest absolute Gasteiger partial charge is 0.139 e. The lowest BCUT2D eigenvalue weighted by Gasteiger charge is -2.29. The van der Waals surface area contributed by atoms with E-state index in [2.05, 4.69) is 72.3 Å². The van der Waals surface area contributed by atoms with E-state index in [1.54, 1.807) is 0 Å². The minimum Gasteiger partial charge on any atom is -0.356 e. The average molecular weight is 796 g/mol. The Bertz CT molecular complexity index is 1180. The molecule has 2 aliphatic carbocycles. The summed E-state index contributed by atoms with van der Waals surface area (Å²) in [7, 11) is 12.3. The van der Waals surface area contributed by atoms with Crippen LogP contribution in [0.25, 0.3) is 12.2 Å². The minimum atomic E-state index is 0. The highest BCUT2D eigenvalue weighted by Gasteiger charge is 2.22. The first kappa shape index (κ1) is 67.4. The summed E-state index contributed by atoms with van der Waals surface area (Å²) in [5.41, 5.74) is 4.94. The molecule has 4 aliphatic rings. The molecule has 326 valence electrons. The van der Waals surface area contributed by atoms with Crippen LogP contribution in [0.1, 0.15) is 143 Å². The van der Waals surface area contributed by atoms with E-state index < -0.39 is 0 Å². The largest absolute Gasteiger partial charge is 0.356 e. The number of anilines is 2. The van der Waals surface area contributed by atoms with Crippen molar-refractivity contribution in [3.05, 3.63) is 46.3 Å². The molecule has 12 heteroatoms. The number of hydrogen-bond donors (Lipinski definition) is 0. The van der Waals surface area contributed by atoms with Crippen LogP contribution in [0, 0.1) is 0 Å². The van der Waals surface area contributed by atoms with E-state index in [0.29, 0.717) is 0 Å². The van der Waals surface area contributed by atoms with E-state index in [0.717, 1.165) is 69.0 Å². The van der Waals surface area contributed by atoms with Crippen molar-refractivity contribution in [1.29, 1.82) is 0 Å². The molecule has 0 amide bonds. The number of nitrogens with zero attached hydrogens (tertiary/aromatic N) is 6. The van der Waals surface area contributed by atoms with Crippen LogP contribution >= 0.6 is 0 Å². The van der Waals surface area contributed by atoms with Crippen LogP contribution in [0.5, 0.6) is 0 Å². The first-order chi connectivity index (χ1) is 27.4. The Labute approximate surface area is 370 Å². The topological polar surface area (TPSA) is 58.0 Å². The summed E-state index contributed by atoms with van der Waals surface area (Å²) >= 11 is 0. The Balaban J connectivity index is -0.000000158. The van der Waals surface area contributed by atoms with Gasteiger partial charge in [0.25, 0.3) is 0 Å². The predicted octanol–water partition coefficient (Wildman–Crippen LogP) is 13.1. The van der Waals surface area contributed by atoms with Crippen LogP contribution in [-0.2, 0) is 25.5 Å². The third-order valence-electron chi connectivity index (χ3n) is 7.39. The molecule has 6 rings (SSSR count). The second-order valence-electron chi connectivity index (χ2n) is 12.5. The van der Waals surface area contributed by atoms with Crippen LogP contribution in [0.3, 0.4) is 0 Å². The van der Waals surface area contributed by atoms with Gasteiger partial charge in [0.15, 0.2) is 0 Å². The Morgan fingerprint density at radius 3 is 1.24 bits per heavy atom. The molecule has 6 nitrogen and oxygen atoms in total. The summed E-state index contributed by atoms with van der Waals surface area (Å²) in [5, 5.41) is 0. The monoisotopic (exact) mass is 797 g/mol. The van der Waals surface area contributed by atoms with Gasteiger partial charge in [-0.15, -0.1) is 0 Å². The number of aromatic nitrogens is 4. The molecular weight excluding hydrogens is 701 g/mol. The molecule has 0 N–H and O–H groups in total. The summed E-state index contributed by atoms with van der Waals surface area (Å²) in [6.45, 7) is 40.7. The van der Waals surface area contributed by atoms with Crippen molar-refractivity contribution in [3.63, 3.8) is 0 Å². The molecule has 0 atom stereocenters. The van der Waals surface area contributed by atoms with Crippen molar-refractivity contribution in [2.45, 2.75) is 202 Å². The number of rotatable bonds is 6. The maximum absolute atomic E-state index is 4.80. The molecule has 6 radical (unpaired) electrons. The number of fused-ring (bicyclic) bond motifs is 2. The van der Waals surface area contributed by atoms with Gasteiger partial charge in [-0.05, 0) is 63.7 Å². The van der Waals surface area contributed by atoms with Gasteiger partial charge in [-0.1, -0.05) is 157 Å². The molecule has 0 spiro atoms. The van der Waals surface area contributed by atoms with Crippen LogP contribution in [0.4, 0.5) is 11.6 Å². The zero-order chi connectivity index (χ0) is 43.6. The van der Waals surface area contributed by atoms with E-state index in [1.165, 1.54) is 67.0 Å². The van der Waals surface area contributed by atoms with Gasteiger partial charge in [0, 0.05) is 43.7 Å². The lowest BCUT2D eigenvalue weighted by molar-refractivity contribution is 0.571. The Hall–Kier alpha value is -2.37. The fraction of sp³-hybridized carbons (Fsp3) is 0.739. The molecule has 0 bridgehead atoms. The highest BCUT2D eigenvalue weighted by molar-refractivity contribution is 6.33. The molecule has 4 heterocycles. The van der Waals surface area contributed by atoms with Crippen LogP contribution in [0.15, 0.2) is 12.2 Å². The van der Waals surface area contributed by atoms with Crippen molar-refractivity contribution < 1.29 is 0 Å². The zero-order valence-corrected chi connectivity index (χ0v) is 40.4. The van der Waals surface area contributed by atoms with Crippen molar-refractivity contribution in [2.75, 3.05) is 36.0 Å². The fourth-order valence-corrected chi connectivity index (χ4v) is 5.59. The average Bonchev–Trinajstić information content (AvgIpc) is 3.93. The molecule has 2 aromatic rings. The third kappa shape index (κ3) is 29.0. The first-order valence-corrected chi connectivity index (χ1v) is 22.6. The number of piperidine rings is 2. The van der Waals surface area contributed by atoms with Crippen molar-refractivity contribution in [3.8, 4) is 0 Å². The minimum absolute atomic E-state index is 0. The van der Waals surface area contributed by atoms with E-state index in [1.807, 2.05) is 139 Å². The standard InChI is InChI=1S/2C14H19BN3.4C2H6B.4C2H6.2CH4/c2*1-15-10-13-16-12-7-5-6-11(12)14(17-13)18-8-3-2-4-9-18;4*1-3-2;4*1-2;;/h5,7H,2-4,6,8-10H2,1H3;5-6H,2-4,7-10H2,1H3;4*1-2H3;4*1-2H3;2*1H4. The molecule has 0 unspecified atom stereocenters. The van der Waals surface area contributed by atoms with E-state index in [4.69, 9.17) is 9.97 Å². The molecule has 2 fully saturated rings. The molecule has 2 saturated heterocycles. The van der Waals surface area contributed by atoms with Crippen LogP contribution in [0.2, 0.25) is 68.2 Å². The lowest BCUT2D eigenvalue weighted by atomic mass is 9.78. The Morgan fingerprint density at radius 1 is 0.466 bits per heavy atom. The SMILES string of the molecule is C.C.CC.CC.CC.CC.C[B]C.C[B]C.C[B]C.C[B]C.C[B]Cc1nc2c(c(N3CCCCC3)n1)C=CC2.C[B]Cc1nc2c(c(N3CCCCC3)n1)CC=C2. The summed E-state index contributed by atoms with van der Waals surface area (Å²) in [4.78, 5) is 23.8. The van der Waals surface area contributed by atoms with Gasteiger partial charge in [-0.3, -0.25) is 0 Å². The molecular formula is C46H94B6N6. The number of allylic oxidation sites excluding steroid dienone is 2. The summed E-state index contributed by atoms with van der Waals surface area (Å²) in [5.74, 6) is 4.30. The van der Waals surface area contributed by atoms with Gasteiger partial charge in [-0.2, -0.15) is 0 Å². The quantitative estimate of drug-likeness (QED) is 0.271. The predicted molar refractivity (Wildman–Crippen MR) is 281 cm³/mol. The highest BCUT2D eigenvalue weighted by Crippen LogP contribution is 2.30. The molecule has 2 aromatic heterocycles. The second kappa shape index (κ2) is 50.8. The van der Waals surface area contributed by atoms with Gasteiger partial charge >= 0.3 is 0 Å². The molecule has 58 heavy (non-hydrogen) atoms. The third-order valence-corrected chi connectivity index (χ3v) is 7.39. The van der Waals surface area contributed by atoms with Gasteiger partial charge in [0.2, 0.25) is 0 Å². The maximum Gasteiger partial charge on any atom is 0.139 e. The normalized spacial score (nSPS) is 12.5. The summed E-state index contributed by atoms with van der Waals surface area (Å²) < 4.78 is 0. The fourth-order valence-electron chi connectivity index (χ4n) is 5.59. The van der Waals surface area contributed by atoms with E-state index >= 15 is 0 Å². The Kier molecular flexibility index (Phi) is 59.0. The van der Waals surface area contributed by atoms with Crippen molar-refractivity contribution >= 4 is 67.5 Å². The number of hydrogen-bond acceptors (Lipinski definition) is 6. The molecule has 0 saturated carbocycles. The van der Waals surface area contributed by atoms with Crippen LogP contribution in [-0.4, -0.2) is 89.8 Å². The summed E-state index contributed by atoms with van der Waals surface area (Å²) in [6, 6.07) is 0. The van der Waals surface area contributed by atoms with E-state index in [-0.39, 0.29) is 14.9 Å². The molecule has 0 aromatic carbocycles. The van der Waals surface area contributed by atoms with Gasteiger partial charge in [0.05, 0.1) is 11.4 Å². The van der Waals surface area contributed by atoms with Crippen LogP contribution < -0.4 is 9.80 Å². The van der Waals surface area contributed by atoms with E-state index in [9.17, 15) is 0 Å². The Morgan fingerprint density at radius 2 is 0.828 bits per heavy atom. The van der Waals surface area contributed by atoms with Gasteiger partial charge in [0.1, 0.15) is 67.0 Å². The first-order valence-electron chi connectivity index (χ1n) is 22.6. The highest BCUT2D eigenvalue weighted by atomic mass is 15.2. The summed E-state index contributed by atoms with van der Waals surface area (Å²) in [6.07, 6.45) is 20.3.